The summed E-state index contributed by atoms with van der Waals surface area (Å²) in [6.45, 7) is -0.142. The zero-order valence-corrected chi connectivity index (χ0v) is 17.2. The normalized spacial score (nSPS) is 10.6. The summed E-state index contributed by atoms with van der Waals surface area (Å²) in [5.74, 6) is -0.111. The Hall–Kier alpha value is -3.35. The van der Waals surface area contributed by atoms with E-state index in [9.17, 15) is 9.59 Å². The molecule has 0 unspecified atom stereocenters. The smallest absolute Gasteiger partial charge is 0.271 e. The molecule has 8 heteroatoms. The molecule has 6 nitrogen and oxygen atoms in total. The average Bonchev–Trinajstić information content (AvgIpc) is 2.73. The Bertz CT molecular complexity index is 1050. The highest BCUT2D eigenvalue weighted by molar-refractivity contribution is 6.31. The Morgan fingerprint density at radius 3 is 2.37 bits per heavy atom. The number of benzene rings is 3. The molecule has 2 amide bonds. The number of amides is 2. The van der Waals surface area contributed by atoms with Gasteiger partial charge in [-0.2, -0.15) is 5.10 Å². The third-order valence-corrected chi connectivity index (χ3v) is 4.33. The number of anilines is 1. The molecule has 3 aromatic carbocycles. The van der Waals surface area contributed by atoms with Crippen molar-refractivity contribution in [1.82, 2.24) is 5.43 Å². The number of ether oxygens (including phenoxy) is 1. The standard InChI is InChI=1S/C22H17Cl2N3O3/c23-17-8-6-16(7-9-17)22(29)27-25-13-15-4-10-20(11-5-15)30-14-21(28)26-19-3-1-2-18(24)12-19/h1-13H,14H2,(H,26,28)(H,27,29)/b25-13-. The van der Waals surface area contributed by atoms with Crippen LogP contribution in [0.2, 0.25) is 10.0 Å². The third kappa shape index (κ3) is 6.62. The van der Waals surface area contributed by atoms with Crippen LogP contribution >= 0.6 is 23.2 Å². The van der Waals surface area contributed by atoms with Crippen LogP contribution < -0.4 is 15.5 Å². The maximum absolute atomic E-state index is 12.0. The van der Waals surface area contributed by atoms with Crippen LogP contribution in [0.3, 0.4) is 0 Å². The second kappa shape index (κ2) is 10.4. The lowest BCUT2D eigenvalue weighted by atomic mass is 10.2. The fourth-order valence-electron chi connectivity index (χ4n) is 2.39. The quantitative estimate of drug-likeness (QED) is 0.409. The summed E-state index contributed by atoms with van der Waals surface area (Å²) in [6, 6.07) is 20.3. The van der Waals surface area contributed by atoms with E-state index in [4.69, 9.17) is 27.9 Å². The summed E-state index contributed by atoms with van der Waals surface area (Å²) in [5.41, 5.74) is 4.25. The molecular weight excluding hydrogens is 425 g/mol. The minimum Gasteiger partial charge on any atom is -0.484 e. The van der Waals surface area contributed by atoms with Gasteiger partial charge in [-0.25, -0.2) is 5.43 Å². The first-order chi connectivity index (χ1) is 14.5. The molecule has 0 atom stereocenters. The van der Waals surface area contributed by atoms with Crippen molar-refractivity contribution in [3.63, 3.8) is 0 Å². The van der Waals surface area contributed by atoms with Crippen molar-refractivity contribution in [2.45, 2.75) is 0 Å². The Kier molecular flexibility index (Phi) is 7.43. The maximum atomic E-state index is 12.0. The van der Waals surface area contributed by atoms with Crippen molar-refractivity contribution >= 4 is 46.9 Å². The SMILES string of the molecule is O=C(COc1ccc(/C=N\NC(=O)c2ccc(Cl)cc2)cc1)Nc1cccc(Cl)c1. The van der Waals surface area contributed by atoms with E-state index in [0.717, 1.165) is 5.56 Å². The number of carbonyl (C=O) groups is 2. The van der Waals surface area contributed by atoms with Crippen molar-refractivity contribution in [2.75, 3.05) is 11.9 Å². The summed E-state index contributed by atoms with van der Waals surface area (Å²) >= 11 is 11.7. The highest BCUT2D eigenvalue weighted by Crippen LogP contribution is 2.15. The van der Waals surface area contributed by atoms with Gasteiger partial charge in [-0.05, 0) is 72.3 Å². The Balaban J connectivity index is 1.46. The average molecular weight is 442 g/mol. The minimum absolute atomic E-state index is 0.142. The van der Waals surface area contributed by atoms with Crippen LogP contribution in [0.15, 0.2) is 77.9 Å². The Labute approximate surface area is 183 Å². The molecule has 0 spiro atoms. The largest absolute Gasteiger partial charge is 0.484 e. The van der Waals surface area contributed by atoms with Crippen molar-refractivity contribution in [1.29, 1.82) is 0 Å². The lowest BCUT2D eigenvalue weighted by molar-refractivity contribution is -0.118. The molecule has 30 heavy (non-hydrogen) atoms. The second-order valence-electron chi connectivity index (χ2n) is 6.12. The topological polar surface area (TPSA) is 79.8 Å². The van der Waals surface area contributed by atoms with Gasteiger partial charge in [0.1, 0.15) is 5.75 Å². The van der Waals surface area contributed by atoms with Crippen molar-refractivity contribution in [3.05, 3.63) is 94.0 Å². The zero-order chi connectivity index (χ0) is 21.3. The molecule has 3 rings (SSSR count). The highest BCUT2D eigenvalue weighted by atomic mass is 35.5. The highest BCUT2D eigenvalue weighted by Gasteiger charge is 2.05. The summed E-state index contributed by atoms with van der Waals surface area (Å²) in [5, 5.41) is 7.72. The zero-order valence-electron chi connectivity index (χ0n) is 15.6. The van der Waals surface area contributed by atoms with Gasteiger partial charge in [-0.15, -0.1) is 0 Å². The first kappa shape index (κ1) is 21.4. The number of halogens is 2. The molecule has 0 fully saturated rings. The van der Waals surface area contributed by atoms with Gasteiger partial charge in [0, 0.05) is 21.3 Å². The molecule has 0 aliphatic rings. The van der Waals surface area contributed by atoms with Gasteiger partial charge in [0.2, 0.25) is 0 Å². The molecule has 0 aromatic heterocycles. The van der Waals surface area contributed by atoms with Crippen molar-refractivity contribution in [2.24, 2.45) is 5.10 Å². The molecule has 0 aliphatic heterocycles. The van der Waals surface area contributed by atoms with Crippen molar-refractivity contribution < 1.29 is 14.3 Å². The lowest BCUT2D eigenvalue weighted by Crippen LogP contribution is -2.20. The number of nitrogens with one attached hydrogen (secondary N) is 2. The van der Waals surface area contributed by atoms with E-state index in [-0.39, 0.29) is 18.4 Å². The van der Waals surface area contributed by atoms with Gasteiger partial charge >= 0.3 is 0 Å². The molecular formula is C22H17Cl2N3O3. The molecule has 152 valence electrons. The third-order valence-electron chi connectivity index (χ3n) is 3.84. The van der Waals surface area contributed by atoms with Crippen molar-refractivity contribution in [3.8, 4) is 5.75 Å². The van der Waals surface area contributed by atoms with Gasteiger partial charge in [0.15, 0.2) is 6.61 Å². The van der Waals surface area contributed by atoms with E-state index in [1.165, 1.54) is 6.21 Å². The molecule has 0 aliphatic carbocycles. The molecule has 0 bridgehead atoms. The predicted molar refractivity (Wildman–Crippen MR) is 119 cm³/mol. The monoisotopic (exact) mass is 441 g/mol. The first-order valence-corrected chi connectivity index (χ1v) is 9.62. The molecule has 0 saturated heterocycles. The number of carbonyl (C=O) groups excluding carboxylic acids is 2. The van der Waals surface area contributed by atoms with Crippen LogP contribution in [0, 0.1) is 0 Å². The van der Waals surface area contributed by atoms with Crippen LogP contribution in [0.5, 0.6) is 5.75 Å². The van der Waals surface area contributed by atoms with E-state index in [0.29, 0.717) is 27.0 Å². The maximum Gasteiger partial charge on any atom is 0.271 e. The van der Waals surface area contributed by atoms with Crippen LogP contribution in [0.4, 0.5) is 5.69 Å². The fourth-order valence-corrected chi connectivity index (χ4v) is 2.71. The number of hydrazone groups is 1. The van der Waals surface area contributed by atoms with E-state index in [1.54, 1.807) is 72.8 Å². The van der Waals surface area contributed by atoms with Crippen LogP contribution in [-0.4, -0.2) is 24.6 Å². The summed E-state index contributed by atoms with van der Waals surface area (Å²) in [4.78, 5) is 23.9. The summed E-state index contributed by atoms with van der Waals surface area (Å²) < 4.78 is 5.47. The van der Waals surface area contributed by atoms with Gasteiger partial charge in [0.05, 0.1) is 6.21 Å². The van der Waals surface area contributed by atoms with Crippen LogP contribution in [0.25, 0.3) is 0 Å². The lowest BCUT2D eigenvalue weighted by Gasteiger charge is -2.08. The van der Waals surface area contributed by atoms with E-state index >= 15 is 0 Å². The second-order valence-corrected chi connectivity index (χ2v) is 7.00. The summed E-state index contributed by atoms with van der Waals surface area (Å²) in [7, 11) is 0. The predicted octanol–water partition coefficient (Wildman–Crippen LogP) is 4.77. The summed E-state index contributed by atoms with van der Waals surface area (Å²) in [6.07, 6.45) is 1.50. The molecule has 3 aromatic rings. The molecule has 0 radical (unpaired) electrons. The molecule has 0 heterocycles. The van der Waals surface area contributed by atoms with Crippen LogP contribution in [-0.2, 0) is 4.79 Å². The first-order valence-electron chi connectivity index (χ1n) is 8.87. The van der Waals surface area contributed by atoms with Gasteiger partial charge in [-0.3, -0.25) is 9.59 Å². The fraction of sp³-hybridized carbons (Fsp3) is 0.0455. The number of hydrogen-bond acceptors (Lipinski definition) is 4. The molecule has 0 saturated carbocycles. The Morgan fingerprint density at radius 1 is 0.933 bits per heavy atom. The van der Waals surface area contributed by atoms with Crippen LogP contribution in [0.1, 0.15) is 15.9 Å². The number of hydrogen-bond donors (Lipinski definition) is 2. The van der Waals surface area contributed by atoms with E-state index < -0.39 is 0 Å². The van der Waals surface area contributed by atoms with Gasteiger partial charge in [0.25, 0.3) is 11.8 Å². The minimum atomic E-state index is -0.339. The molecule has 2 N–H and O–H groups in total. The van der Waals surface area contributed by atoms with E-state index in [2.05, 4.69) is 15.8 Å². The van der Waals surface area contributed by atoms with E-state index in [1.807, 2.05) is 0 Å². The Morgan fingerprint density at radius 2 is 1.67 bits per heavy atom. The van der Waals surface area contributed by atoms with Gasteiger partial charge in [-0.1, -0.05) is 29.3 Å². The number of rotatable bonds is 7. The van der Waals surface area contributed by atoms with Gasteiger partial charge < -0.3 is 10.1 Å². The number of nitrogens with zero attached hydrogens (tertiary/aromatic N) is 1.